The summed E-state index contributed by atoms with van der Waals surface area (Å²) in [5, 5.41) is 0. The zero-order chi connectivity index (χ0) is 14.5. The number of rotatable bonds is 4. The van der Waals surface area contributed by atoms with E-state index >= 15 is 0 Å². The van der Waals surface area contributed by atoms with Crippen LogP contribution >= 0.6 is 24.8 Å². The molecule has 1 aromatic rings. The minimum Gasteiger partial charge on any atom is -0.397 e. The van der Waals surface area contributed by atoms with E-state index in [0.717, 1.165) is 38.2 Å². The number of carbonyl (C=O) groups excluding carboxylic acids is 1. The number of anilines is 1. The van der Waals surface area contributed by atoms with Gasteiger partial charge < -0.3 is 15.5 Å². The third kappa shape index (κ3) is 5.63. The predicted molar refractivity (Wildman–Crippen MR) is 94.8 cm³/mol. The van der Waals surface area contributed by atoms with Crippen molar-refractivity contribution in [2.75, 3.05) is 32.4 Å². The van der Waals surface area contributed by atoms with Crippen molar-refractivity contribution >= 4 is 36.4 Å². The number of likely N-dealkylation sites (N-methyl/N-ethyl adjacent to an activating group) is 1. The maximum atomic E-state index is 12.3. The van der Waals surface area contributed by atoms with Gasteiger partial charge in [0.15, 0.2) is 0 Å². The van der Waals surface area contributed by atoms with Gasteiger partial charge in [0, 0.05) is 31.9 Å². The third-order valence-electron chi connectivity index (χ3n) is 4.13. The largest absolute Gasteiger partial charge is 0.397 e. The normalized spacial score (nSPS) is 15.5. The van der Waals surface area contributed by atoms with Crippen LogP contribution in [0.1, 0.15) is 25.5 Å². The molecular weight excluding hydrogens is 323 g/mol. The van der Waals surface area contributed by atoms with E-state index < -0.39 is 0 Å². The van der Waals surface area contributed by atoms with Crippen molar-refractivity contribution in [3.63, 3.8) is 0 Å². The van der Waals surface area contributed by atoms with Crippen LogP contribution in [0, 0.1) is 0 Å². The van der Waals surface area contributed by atoms with E-state index in [1.54, 1.807) is 12.3 Å². The van der Waals surface area contributed by atoms with Crippen LogP contribution in [-0.2, 0) is 11.2 Å². The standard InChI is InChI=1S/C15H24N4O.2ClH/c1-3-19-8-6-14(7-9-19)18(2)15(20)10-13-5-4-12(16)11-17-13;;/h4-5,11,14H,3,6-10,16H2,1-2H3;2*1H. The van der Waals surface area contributed by atoms with E-state index in [-0.39, 0.29) is 30.7 Å². The number of hydrogen-bond donors (Lipinski definition) is 1. The van der Waals surface area contributed by atoms with Gasteiger partial charge in [-0.3, -0.25) is 9.78 Å². The van der Waals surface area contributed by atoms with E-state index in [1.807, 2.05) is 18.0 Å². The number of nitrogens with two attached hydrogens (primary N) is 1. The topological polar surface area (TPSA) is 62.5 Å². The molecule has 0 radical (unpaired) electrons. The lowest BCUT2D eigenvalue weighted by atomic mass is 10.0. The number of likely N-dealkylation sites (tertiary alicyclic amines) is 1. The molecule has 0 aromatic carbocycles. The molecular formula is C15H26Cl2N4O. The van der Waals surface area contributed by atoms with Crippen molar-refractivity contribution in [3.05, 3.63) is 24.0 Å². The monoisotopic (exact) mass is 348 g/mol. The third-order valence-corrected chi connectivity index (χ3v) is 4.13. The predicted octanol–water partition coefficient (Wildman–Crippen LogP) is 1.99. The number of amides is 1. The molecule has 22 heavy (non-hydrogen) atoms. The highest BCUT2D eigenvalue weighted by Gasteiger charge is 2.24. The fourth-order valence-electron chi connectivity index (χ4n) is 2.65. The van der Waals surface area contributed by atoms with Gasteiger partial charge in [-0.05, 0) is 31.5 Å². The van der Waals surface area contributed by atoms with Crippen LogP contribution in [0.3, 0.4) is 0 Å². The molecule has 0 unspecified atom stereocenters. The summed E-state index contributed by atoms with van der Waals surface area (Å²) in [5.41, 5.74) is 7.00. The second kappa shape index (κ2) is 9.87. The van der Waals surface area contributed by atoms with E-state index in [2.05, 4.69) is 16.8 Å². The average Bonchev–Trinajstić information content (AvgIpc) is 2.49. The van der Waals surface area contributed by atoms with E-state index in [4.69, 9.17) is 5.73 Å². The van der Waals surface area contributed by atoms with E-state index in [1.165, 1.54) is 0 Å². The Labute approximate surface area is 145 Å². The van der Waals surface area contributed by atoms with Crippen LogP contribution in [-0.4, -0.2) is 53.4 Å². The van der Waals surface area contributed by atoms with Gasteiger partial charge in [-0.1, -0.05) is 6.92 Å². The molecule has 2 heterocycles. The molecule has 0 spiro atoms. The smallest absolute Gasteiger partial charge is 0.228 e. The first-order valence-electron chi connectivity index (χ1n) is 7.28. The van der Waals surface area contributed by atoms with Gasteiger partial charge in [-0.15, -0.1) is 24.8 Å². The Morgan fingerprint density at radius 1 is 1.36 bits per heavy atom. The van der Waals surface area contributed by atoms with Crippen LogP contribution in [0.15, 0.2) is 18.3 Å². The van der Waals surface area contributed by atoms with Gasteiger partial charge >= 0.3 is 0 Å². The number of pyridine rings is 1. The fraction of sp³-hybridized carbons (Fsp3) is 0.600. The van der Waals surface area contributed by atoms with Crippen molar-refractivity contribution in [1.82, 2.24) is 14.8 Å². The Morgan fingerprint density at radius 3 is 2.50 bits per heavy atom. The van der Waals surface area contributed by atoms with Crippen molar-refractivity contribution in [2.45, 2.75) is 32.2 Å². The molecule has 1 amide bonds. The summed E-state index contributed by atoms with van der Waals surface area (Å²) in [4.78, 5) is 20.8. The Morgan fingerprint density at radius 2 is 2.00 bits per heavy atom. The van der Waals surface area contributed by atoms with E-state index in [0.29, 0.717) is 18.2 Å². The van der Waals surface area contributed by atoms with Crippen molar-refractivity contribution in [1.29, 1.82) is 0 Å². The SMILES string of the molecule is CCN1CCC(N(C)C(=O)Cc2ccc(N)cn2)CC1.Cl.Cl. The Kier molecular flexibility index (Phi) is 9.41. The van der Waals surface area contributed by atoms with E-state index in [9.17, 15) is 4.79 Å². The molecule has 1 aliphatic rings. The minimum absolute atomic E-state index is 0. The zero-order valence-electron chi connectivity index (χ0n) is 13.2. The van der Waals surface area contributed by atoms with Gasteiger partial charge in [0.1, 0.15) is 0 Å². The molecule has 0 bridgehead atoms. The summed E-state index contributed by atoms with van der Waals surface area (Å²) in [7, 11) is 1.91. The molecule has 2 rings (SSSR count). The molecule has 0 aliphatic carbocycles. The highest BCUT2D eigenvalue weighted by molar-refractivity contribution is 5.85. The molecule has 0 saturated carbocycles. The number of nitrogens with zero attached hydrogens (tertiary/aromatic N) is 3. The maximum Gasteiger partial charge on any atom is 0.228 e. The number of halogens is 2. The zero-order valence-corrected chi connectivity index (χ0v) is 14.8. The van der Waals surface area contributed by atoms with Crippen molar-refractivity contribution < 1.29 is 4.79 Å². The number of carbonyl (C=O) groups is 1. The lowest BCUT2D eigenvalue weighted by molar-refractivity contribution is -0.132. The number of hydrogen-bond acceptors (Lipinski definition) is 4. The van der Waals surface area contributed by atoms with Crippen LogP contribution in [0.4, 0.5) is 5.69 Å². The number of piperidine rings is 1. The van der Waals surface area contributed by atoms with Crippen LogP contribution in [0.5, 0.6) is 0 Å². The second-order valence-electron chi connectivity index (χ2n) is 5.43. The molecule has 1 saturated heterocycles. The molecule has 0 atom stereocenters. The molecule has 5 nitrogen and oxygen atoms in total. The second-order valence-corrected chi connectivity index (χ2v) is 5.43. The summed E-state index contributed by atoms with van der Waals surface area (Å²) in [5.74, 6) is 0.136. The first-order chi connectivity index (χ1) is 9.60. The van der Waals surface area contributed by atoms with Crippen molar-refractivity contribution in [2.24, 2.45) is 0 Å². The summed E-state index contributed by atoms with van der Waals surface area (Å²) < 4.78 is 0. The highest BCUT2D eigenvalue weighted by atomic mass is 35.5. The summed E-state index contributed by atoms with van der Waals surface area (Å²) >= 11 is 0. The van der Waals surface area contributed by atoms with Crippen LogP contribution in [0.25, 0.3) is 0 Å². The fourth-order valence-corrected chi connectivity index (χ4v) is 2.65. The van der Waals surface area contributed by atoms with Gasteiger partial charge in [-0.25, -0.2) is 0 Å². The summed E-state index contributed by atoms with van der Waals surface area (Å²) in [6.07, 6.45) is 4.07. The summed E-state index contributed by atoms with van der Waals surface area (Å²) in [6.45, 7) is 5.44. The maximum absolute atomic E-state index is 12.3. The Bertz CT molecular complexity index is 447. The quantitative estimate of drug-likeness (QED) is 0.903. The van der Waals surface area contributed by atoms with Gasteiger partial charge in [0.2, 0.25) is 5.91 Å². The van der Waals surface area contributed by atoms with Gasteiger partial charge in [-0.2, -0.15) is 0 Å². The Hall–Kier alpha value is -1.04. The van der Waals surface area contributed by atoms with Gasteiger partial charge in [0.25, 0.3) is 0 Å². The lowest BCUT2D eigenvalue weighted by Crippen LogP contribution is -2.46. The molecule has 2 N–H and O–H groups in total. The number of nitrogen functional groups attached to an aromatic ring is 1. The first kappa shape index (κ1) is 21.0. The van der Waals surface area contributed by atoms with Crippen molar-refractivity contribution in [3.8, 4) is 0 Å². The minimum atomic E-state index is 0. The van der Waals surface area contributed by atoms with Crippen LogP contribution in [0.2, 0.25) is 0 Å². The van der Waals surface area contributed by atoms with Crippen LogP contribution < -0.4 is 5.73 Å². The molecule has 126 valence electrons. The van der Waals surface area contributed by atoms with Gasteiger partial charge in [0.05, 0.1) is 18.3 Å². The highest BCUT2D eigenvalue weighted by Crippen LogP contribution is 2.16. The molecule has 1 aromatic heterocycles. The summed E-state index contributed by atoms with van der Waals surface area (Å²) in [6, 6.07) is 3.97. The molecule has 1 aliphatic heterocycles. The first-order valence-corrected chi connectivity index (χ1v) is 7.28. The average molecular weight is 349 g/mol. The molecule has 7 heteroatoms. The Balaban J connectivity index is 0.00000220. The lowest BCUT2D eigenvalue weighted by Gasteiger charge is -2.36. The number of aromatic nitrogens is 1. The molecule has 1 fully saturated rings.